The molecular formula is C27H35NO5. The van der Waals surface area contributed by atoms with E-state index >= 15 is 0 Å². The third-order valence-electron chi connectivity index (χ3n) is 5.74. The van der Waals surface area contributed by atoms with Crippen molar-refractivity contribution < 1.29 is 24.2 Å². The molecule has 0 saturated heterocycles. The third kappa shape index (κ3) is 5.74. The van der Waals surface area contributed by atoms with E-state index in [0.29, 0.717) is 29.8 Å². The summed E-state index contributed by atoms with van der Waals surface area (Å²) >= 11 is 0. The Kier molecular flexibility index (Phi) is 7.48. The first kappa shape index (κ1) is 24.8. The van der Waals surface area contributed by atoms with Gasteiger partial charge in [-0.25, -0.2) is 4.79 Å². The number of carboxylic acids is 1. The van der Waals surface area contributed by atoms with Crippen molar-refractivity contribution in [1.29, 1.82) is 0 Å². The second kappa shape index (κ2) is 9.96. The number of nitrogens with one attached hydrogen (secondary N) is 1. The van der Waals surface area contributed by atoms with Crippen molar-refractivity contribution in [3.8, 4) is 16.9 Å². The van der Waals surface area contributed by atoms with Crippen molar-refractivity contribution >= 4 is 17.6 Å². The van der Waals surface area contributed by atoms with Gasteiger partial charge >= 0.3 is 5.97 Å². The molecule has 2 aromatic carbocycles. The molecule has 1 amide bonds. The average molecular weight is 454 g/mol. The van der Waals surface area contributed by atoms with E-state index in [4.69, 9.17) is 9.47 Å². The van der Waals surface area contributed by atoms with Crippen molar-refractivity contribution in [2.24, 2.45) is 0 Å². The number of carboxylic acid groups (broad SMARTS) is 1. The molecule has 1 unspecified atom stereocenters. The summed E-state index contributed by atoms with van der Waals surface area (Å²) in [5, 5.41) is 13.2. The predicted molar refractivity (Wildman–Crippen MR) is 130 cm³/mol. The monoisotopic (exact) mass is 453 g/mol. The quantitative estimate of drug-likeness (QED) is 0.539. The summed E-state index contributed by atoms with van der Waals surface area (Å²) in [5.74, 6) is -0.273. The van der Waals surface area contributed by atoms with E-state index in [9.17, 15) is 14.7 Å². The Bertz CT molecular complexity index is 1050. The summed E-state index contributed by atoms with van der Waals surface area (Å²) < 4.78 is 11.8. The van der Waals surface area contributed by atoms with E-state index < -0.39 is 17.7 Å². The summed E-state index contributed by atoms with van der Waals surface area (Å²) in [5.41, 5.74) is 4.96. The minimum atomic E-state index is -1.19. The van der Waals surface area contributed by atoms with Gasteiger partial charge in [0.25, 0.3) is 0 Å². The molecule has 0 aliphatic carbocycles. The van der Waals surface area contributed by atoms with Gasteiger partial charge < -0.3 is 19.9 Å². The molecule has 6 nitrogen and oxygen atoms in total. The predicted octanol–water partition coefficient (Wildman–Crippen LogP) is 5.97. The van der Waals surface area contributed by atoms with E-state index in [1.807, 2.05) is 59.7 Å². The molecule has 0 radical (unpaired) electrons. The molecule has 0 spiro atoms. The minimum absolute atomic E-state index is 0.0896. The molecule has 0 saturated carbocycles. The number of hydrogen-bond donors (Lipinski definition) is 2. The number of aliphatic carboxylic acids is 1. The highest BCUT2D eigenvalue weighted by Gasteiger charge is 2.32. The number of rotatable bonds is 7. The fourth-order valence-electron chi connectivity index (χ4n) is 4.32. The third-order valence-corrected chi connectivity index (χ3v) is 5.74. The Morgan fingerprint density at radius 1 is 1.21 bits per heavy atom. The summed E-state index contributed by atoms with van der Waals surface area (Å²) in [6.07, 6.45) is 1.82. The highest BCUT2D eigenvalue weighted by Crippen LogP contribution is 2.42. The molecule has 0 bridgehead atoms. The van der Waals surface area contributed by atoms with Gasteiger partial charge in [0.1, 0.15) is 5.75 Å². The topological polar surface area (TPSA) is 84.9 Å². The van der Waals surface area contributed by atoms with Gasteiger partial charge in [0.05, 0.1) is 12.2 Å². The molecule has 178 valence electrons. The van der Waals surface area contributed by atoms with Crippen LogP contribution in [0.5, 0.6) is 5.75 Å². The fraction of sp³-hybridized carbons (Fsp3) is 0.481. The highest BCUT2D eigenvalue weighted by molar-refractivity contribution is 5.94. The maximum Gasteiger partial charge on any atom is 0.337 e. The van der Waals surface area contributed by atoms with Crippen LogP contribution in [0.4, 0.5) is 5.69 Å². The van der Waals surface area contributed by atoms with E-state index in [0.717, 1.165) is 47.3 Å². The number of amides is 1. The number of carbonyl (C=O) groups excluding carboxylic acids is 1. The zero-order valence-corrected chi connectivity index (χ0v) is 20.5. The number of benzene rings is 2. The van der Waals surface area contributed by atoms with Crippen LogP contribution in [0.2, 0.25) is 0 Å². The molecule has 1 heterocycles. The lowest BCUT2D eigenvalue weighted by Crippen LogP contribution is -2.28. The number of fused-ring (bicyclic) bond motifs is 1. The van der Waals surface area contributed by atoms with E-state index in [2.05, 4.69) is 11.4 Å². The number of aryl methyl sites for hydroxylation is 2. The Hall–Kier alpha value is -2.86. The first-order valence-corrected chi connectivity index (χ1v) is 11.6. The number of carbonyl (C=O) groups is 2. The Balaban J connectivity index is 2.24. The van der Waals surface area contributed by atoms with Crippen LogP contribution in [-0.4, -0.2) is 29.2 Å². The lowest BCUT2D eigenvalue weighted by Gasteiger charge is -2.30. The molecule has 0 aromatic heterocycles. The first-order chi connectivity index (χ1) is 15.5. The van der Waals surface area contributed by atoms with Gasteiger partial charge in [0.2, 0.25) is 5.91 Å². The van der Waals surface area contributed by atoms with E-state index in [1.165, 1.54) is 0 Å². The molecule has 1 aliphatic rings. The second-order valence-corrected chi connectivity index (χ2v) is 9.68. The normalized spacial score (nSPS) is 14.2. The molecule has 33 heavy (non-hydrogen) atoms. The maximum atomic E-state index is 12.5. The zero-order valence-electron chi connectivity index (χ0n) is 20.5. The van der Waals surface area contributed by atoms with Gasteiger partial charge in [0, 0.05) is 17.7 Å². The van der Waals surface area contributed by atoms with E-state index in [1.54, 1.807) is 0 Å². The van der Waals surface area contributed by atoms with Gasteiger partial charge in [0.15, 0.2) is 6.10 Å². The molecule has 2 N–H and O–H groups in total. The van der Waals surface area contributed by atoms with Crippen LogP contribution in [0.15, 0.2) is 24.3 Å². The summed E-state index contributed by atoms with van der Waals surface area (Å²) in [6.45, 7) is 12.0. The Morgan fingerprint density at radius 2 is 1.94 bits per heavy atom. The number of hydrogen-bond acceptors (Lipinski definition) is 4. The van der Waals surface area contributed by atoms with Gasteiger partial charge in [-0.15, -0.1) is 0 Å². The molecular weight excluding hydrogens is 418 g/mol. The van der Waals surface area contributed by atoms with Gasteiger partial charge in [-0.3, -0.25) is 4.79 Å². The van der Waals surface area contributed by atoms with Crippen LogP contribution < -0.4 is 10.1 Å². The molecule has 1 aliphatic heterocycles. The lowest BCUT2D eigenvalue weighted by molar-refractivity contribution is -0.160. The van der Waals surface area contributed by atoms with Gasteiger partial charge in [-0.05, 0) is 99.9 Å². The largest absolute Gasteiger partial charge is 0.493 e. The molecule has 3 rings (SSSR count). The van der Waals surface area contributed by atoms with Crippen molar-refractivity contribution in [2.75, 3.05) is 11.9 Å². The Labute approximate surface area is 196 Å². The van der Waals surface area contributed by atoms with Crippen molar-refractivity contribution in [1.82, 2.24) is 0 Å². The van der Waals surface area contributed by atoms with Crippen LogP contribution in [0.1, 0.15) is 75.3 Å². The van der Waals surface area contributed by atoms with Gasteiger partial charge in [-0.2, -0.15) is 0 Å². The maximum absolute atomic E-state index is 12.5. The first-order valence-electron chi connectivity index (χ1n) is 11.6. The summed E-state index contributed by atoms with van der Waals surface area (Å²) in [6, 6.07) is 7.94. The SMILES string of the molecule is CCCC(=O)Nc1cc(C)c(-c2ccc3c(c2)CCCO3)c(C(OC(C)(C)C)C(=O)O)c1C. The van der Waals surface area contributed by atoms with Crippen LogP contribution >= 0.6 is 0 Å². The molecule has 2 aromatic rings. The van der Waals surface area contributed by atoms with Crippen LogP contribution in [0.3, 0.4) is 0 Å². The number of anilines is 1. The van der Waals surface area contributed by atoms with Crippen LogP contribution in [-0.2, 0) is 20.7 Å². The highest BCUT2D eigenvalue weighted by atomic mass is 16.5. The van der Waals surface area contributed by atoms with Crippen molar-refractivity contribution in [3.63, 3.8) is 0 Å². The van der Waals surface area contributed by atoms with Crippen molar-refractivity contribution in [3.05, 3.63) is 46.5 Å². The van der Waals surface area contributed by atoms with Crippen molar-refractivity contribution in [2.45, 2.75) is 78.9 Å². The smallest absolute Gasteiger partial charge is 0.337 e. The van der Waals surface area contributed by atoms with Crippen LogP contribution in [0.25, 0.3) is 11.1 Å². The number of ether oxygens (including phenoxy) is 2. The Morgan fingerprint density at radius 3 is 2.58 bits per heavy atom. The zero-order chi connectivity index (χ0) is 24.3. The average Bonchev–Trinajstić information content (AvgIpc) is 2.73. The summed E-state index contributed by atoms with van der Waals surface area (Å²) in [7, 11) is 0. The standard InChI is InChI=1S/C27H35NO5/c1-7-9-22(29)28-20-14-16(2)23(19-11-12-21-18(15-19)10-8-13-32-21)24(17(20)3)25(26(30)31)33-27(4,5)6/h11-12,14-15,25H,7-10,13H2,1-6H3,(H,28,29)(H,30,31). The lowest BCUT2D eigenvalue weighted by atomic mass is 9.86. The van der Waals surface area contributed by atoms with Gasteiger partial charge in [-0.1, -0.05) is 13.0 Å². The molecule has 6 heteroatoms. The fourth-order valence-corrected chi connectivity index (χ4v) is 4.32. The molecule has 1 atom stereocenters. The second-order valence-electron chi connectivity index (χ2n) is 9.68. The van der Waals surface area contributed by atoms with Crippen LogP contribution in [0, 0.1) is 13.8 Å². The van der Waals surface area contributed by atoms with E-state index in [-0.39, 0.29) is 5.91 Å². The minimum Gasteiger partial charge on any atom is -0.493 e. The molecule has 0 fully saturated rings. The summed E-state index contributed by atoms with van der Waals surface area (Å²) in [4.78, 5) is 24.8.